The van der Waals surface area contributed by atoms with Crippen molar-refractivity contribution in [2.45, 2.75) is 18.6 Å². The minimum Gasteiger partial charge on any atom is -0.492 e. The van der Waals surface area contributed by atoms with Crippen LogP contribution < -0.4 is 10.1 Å². The van der Waals surface area contributed by atoms with E-state index in [1.165, 1.54) is 11.3 Å². The van der Waals surface area contributed by atoms with Gasteiger partial charge in [-0.25, -0.2) is 0 Å². The van der Waals surface area contributed by atoms with Crippen LogP contribution in [0.3, 0.4) is 0 Å². The molecule has 2 amide bonds. The molecule has 1 spiro atoms. The average Bonchev–Trinajstić information content (AvgIpc) is 2.99. The van der Waals surface area contributed by atoms with Crippen LogP contribution in [0.4, 0.5) is 0 Å². The van der Waals surface area contributed by atoms with Gasteiger partial charge in [-0.1, -0.05) is 0 Å². The second-order valence-corrected chi connectivity index (χ2v) is 7.16. The normalized spacial score (nSPS) is 23.0. The lowest BCUT2D eigenvalue weighted by Crippen LogP contribution is -2.73. The molecule has 24 heavy (non-hydrogen) atoms. The van der Waals surface area contributed by atoms with E-state index < -0.39 is 0 Å². The molecule has 1 aromatic rings. The van der Waals surface area contributed by atoms with E-state index in [2.05, 4.69) is 5.32 Å². The van der Waals surface area contributed by atoms with Gasteiger partial charge >= 0.3 is 0 Å². The van der Waals surface area contributed by atoms with Gasteiger partial charge in [0.2, 0.25) is 5.91 Å². The van der Waals surface area contributed by atoms with Gasteiger partial charge in [0.15, 0.2) is 0 Å². The summed E-state index contributed by atoms with van der Waals surface area (Å²) in [4.78, 5) is 28.9. The maximum Gasteiger partial charge on any atom is 0.267 e. The first kappa shape index (κ1) is 17.2. The Morgan fingerprint density at radius 2 is 2.21 bits per heavy atom. The maximum atomic E-state index is 12.6. The highest BCUT2D eigenvalue weighted by atomic mass is 32.1. The van der Waals surface area contributed by atoms with Gasteiger partial charge in [0.25, 0.3) is 5.91 Å². The molecular formula is C16H23N3O4S. The molecule has 2 aliphatic heterocycles. The predicted octanol–water partition coefficient (Wildman–Crippen LogP) is 0.418. The third kappa shape index (κ3) is 3.01. The summed E-state index contributed by atoms with van der Waals surface area (Å²) in [5.41, 5.74) is -0.363. The minimum absolute atomic E-state index is 0.0150. The molecule has 2 fully saturated rings. The molecule has 0 aromatic carbocycles. The van der Waals surface area contributed by atoms with Crippen LogP contribution in [0.15, 0.2) is 11.4 Å². The largest absolute Gasteiger partial charge is 0.492 e. The van der Waals surface area contributed by atoms with E-state index in [4.69, 9.17) is 9.47 Å². The fourth-order valence-electron chi connectivity index (χ4n) is 3.29. The summed E-state index contributed by atoms with van der Waals surface area (Å²) in [6.07, 6.45) is 0. The van der Waals surface area contributed by atoms with Crippen LogP contribution in [0.5, 0.6) is 5.75 Å². The standard InChI is InChI=1S/C16H23N3O4S/c1-4-22-12-5-6-24-13(12)15(21)19-9-16(10-19)8-18(3)11(7-23-16)14(20)17-2/h5-6,11H,4,7-10H2,1-3H3,(H,17,20)/t11-/m0/s1. The van der Waals surface area contributed by atoms with Crippen molar-refractivity contribution in [3.8, 4) is 5.75 Å². The third-order valence-corrected chi connectivity index (χ3v) is 5.42. The van der Waals surface area contributed by atoms with Crippen LogP contribution in [0.25, 0.3) is 0 Å². The van der Waals surface area contributed by atoms with Gasteiger partial charge in [-0.2, -0.15) is 0 Å². The number of hydrogen-bond donors (Lipinski definition) is 1. The number of nitrogens with one attached hydrogen (secondary N) is 1. The van der Waals surface area contributed by atoms with E-state index in [-0.39, 0.29) is 23.5 Å². The lowest BCUT2D eigenvalue weighted by atomic mass is 9.90. The molecule has 1 N–H and O–H groups in total. The van der Waals surface area contributed by atoms with Crippen molar-refractivity contribution in [1.29, 1.82) is 0 Å². The number of carbonyl (C=O) groups excluding carboxylic acids is 2. The molecule has 0 aliphatic carbocycles. The molecular weight excluding hydrogens is 330 g/mol. The number of nitrogens with zero attached hydrogens (tertiary/aromatic N) is 2. The zero-order valence-electron chi connectivity index (χ0n) is 14.2. The van der Waals surface area contributed by atoms with Crippen LogP contribution in [-0.4, -0.2) is 80.2 Å². The molecule has 2 saturated heterocycles. The number of likely N-dealkylation sites (tertiary alicyclic amines) is 1. The SMILES string of the molecule is CCOc1ccsc1C(=O)N1CC2(C1)CN(C)[C@H](C(=O)NC)CO2. The highest BCUT2D eigenvalue weighted by Crippen LogP contribution is 2.34. The summed E-state index contributed by atoms with van der Waals surface area (Å²) in [5.74, 6) is 0.591. The van der Waals surface area contributed by atoms with Crippen LogP contribution in [0.2, 0.25) is 0 Å². The van der Waals surface area contributed by atoms with E-state index in [0.29, 0.717) is 43.5 Å². The first-order valence-corrected chi connectivity index (χ1v) is 8.93. The van der Waals surface area contributed by atoms with Crippen LogP contribution in [0.1, 0.15) is 16.6 Å². The third-order valence-electron chi connectivity index (χ3n) is 4.53. The molecule has 8 heteroatoms. The first-order chi connectivity index (χ1) is 11.5. The Kier molecular flexibility index (Phi) is 4.80. The monoisotopic (exact) mass is 353 g/mol. The van der Waals surface area contributed by atoms with Gasteiger partial charge in [0, 0.05) is 13.6 Å². The van der Waals surface area contributed by atoms with E-state index in [0.717, 1.165) is 0 Å². The Morgan fingerprint density at radius 3 is 2.83 bits per heavy atom. The summed E-state index contributed by atoms with van der Waals surface area (Å²) in [6.45, 7) is 4.51. The van der Waals surface area contributed by atoms with E-state index in [1.807, 2.05) is 30.3 Å². The maximum absolute atomic E-state index is 12.6. The first-order valence-electron chi connectivity index (χ1n) is 8.05. The van der Waals surface area contributed by atoms with Crippen molar-refractivity contribution in [1.82, 2.24) is 15.1 Å². The van der Waals surface area contributed by atoms with Gasteiger partial charge < -0.3 is 19.7 Å². The Morgan fingerprint density at radius 1 is 1.46 bits per heavy atom. The van der Waals surface area contributed by atoms with Gasteiger partial charge in [-0.3, -0.25) is 14.5 Å². The fourth-order valence-corrected chi connectivity index (χ4v) is 4.09. The summed E-state index contributed by atoms with van der Waals surface area (Å²) < 4.78 is 11.5. The Bertz CT molecular complexity index is 627. The van der Waals surface area contributed by atoms with Crippen molar-refractivity contribution < 1.29 is 19.1 Å². The smallest absolute Gasteiger partial charge is 0.267 e. The number of hydrogen-bond acceptors (Lipinski definition) is 6. The molecule has 0 unspecified atom stereocenters. The van der Waals surface area contributed by atoms with E-state index in [1.54, 1.807) is 11.9 Å². The number of thiophene rings is 1. The zero-order chi connectivity index (χ0) is 17.3. The number of morpholine rings is 1. The van der Waals surface area contributed by atoms with Crippen molar-refractivity contribution >= 4 is 23.2 Å². The van der Waals surface area contributed by atoms with Crippen LogP contribution in [0, 0.1) is 0 Å². The molecule has 0 saturated carbocycles. The Labute approximate surface area is 145 Å². The van der Waals surface area contributed by atoms with E-state index >= 15 is 0 Å². The molecule has 3 heterocycles. The fraction of sp³-hybridized carbons (Fsp3) is 0.625. The molecule has 2 aliphatic rings. The topological polar surface area (TPSA) is 71.1 Å². The number of amides is 2. The van der Waals surface area contributed by atoms with Crippen molar-refractivity contribution in [2.24, 2.45) is 0 Å². The average molecular weight is 353 g/mol. The quantitative estimate of drug-likeness (QED) is 0.849. The van der Waals surface area contributed by atoms with Gasteiger partial charge in [0.1, 0.15) is 22.3 Å². The number of carbonyl (C=O) groups is 2. The molecule has 1 atom stereocenters. The van der Waals surface area contributed by atoms with Crippen molar-refractivity contribution in [3.05, 3.63) is 16.3 Å². The number of likely N-dealkylation sites (N-methyl/N-ethyl adjacent to an activating group) is 2. The lowest BCUT2D eigenvalue weighted by Gasteiger charge is -2.54. The zero-order valence-corrected chi connectivity index (χ0v) is 15.0. The second kappa shape index (κ2) is 6.70. The second-order valence-electron chi connectivity index (χ2n) is 6.25. The van der Waals surface area contributed by atoms with Crippen molar-refractivity contribution in [2.75, 3.05) is 46.9 Å². The molecule has 0 bridgehead atoms. The highest BCUT2D eigenvalue weighted by molar-refractivity contribution is 7.12. The van der Waals surface area contributed by atoms with E-state index in [9.17, 15) is 9.59 Å². The summed E-state index contributed by atoms with van der Waals surface area (Å²) in [5, 5.41) is 4.52. The number of rotatable bonds is 4. The predicted molar refractivity (Wildman–Crippen MR) is 90.6 cm³/mol. The molecule has 7 nitrogen and oxygen atoms in total. The minimum atomic E-state index is -0.363. The van der Waals surface area contributed by atoms with Crippen LogP contribution in [-0.2, 0) is 9.53 Å². The van der Waals surface area contributed by atoms with Gasteiger partial charge in [0.05, 0.1) is 26.3 Å². The number of ether oxygens (including phenoxy) is 2. The molecule has 0 radical (unpaired) electrons. The molecule has 3 rings (SSSR count). The summed E-state index contributed by atoms with van der Waals surface area (Å²) in [6, 6.07) is 1.56. The molecule has 132 valence electrons. The van der Waals surface area contributed by atoms with Crippen LogP contribution >= 0.6 is 11.3 Å². The van der Waals surface area contributed by atoms with Crippen molar-refractivity contribution in [3.63, 3.8) is 0 Å². The summed E-state index contributed by atoms with van der Waals surface area (Å²) >= 11 is 1.40. The van der Waals surface area contributed by atoms with Gasteiger partial charge in [-0.15, -0.1) is 11.3 Å². The Hall–Kier alpha value is -1.64. The highest BCUT2D eigenvalue weighted by Gasteiger charge is 2.51. The Balaban J connectivity index is 1.60. The van der Waals surface area contributed by atoms with Gasteiger partial charge in [-0.05, 0) is 25.4 Å². The molecule has 1 aromatic heterocycles. The lowest BCUT2D eigenvalue weighted by molar-refractivity contribution is -0.187. The summed E-state index contributed by atoms with van der Waals surface area (Å²) in [7, 11) is 3.54.